The predicted molar refractivity (Wildman–Crippen MR) is 60.9 cm³/mol. The van der Waals surface area contributed by atoms with Crippen LogP contribution in [0.5, 0.6) is 0 Å². The Hall–Kier alpha value is -0.410. The fraction of sp³-hybridized carbons (Fsp3) is 0.917. The average Bonchev–Trinajstić information content (AvgIpc) is 2.31. The van der Waals surface area contributed by atoms with Gasteiger partial charge in [0.25, 0.3) is 0 Å². The topological polar surface area (TPSA) is 41.1 Å². The summed E-state index contributed by atoms with van der Waals surface area (Å²) in [7, 11) is 0. The maximum atomic E-state index is 10.6. The van der Waals surface area contributed by atoms with Crippen molar-refractivity contribution in [2.75, 3.05) is 6.54 Å². The van der Waals surface area contributed by atoms with Gasteiger partial charge in [0.15, 0.2) is 0 Å². The van der Waals surface area contributed by atoms with E-state index in [0.29, 0.717) is 6.04 Å². The van der Waals surface area contributed by atoms with Crippen LogP contribution >= 0.6 is 0 Å². The van der Waals surface area contributed by atoms with Crippen molar-refractivity contribution < 1.29 is 4.79 Å². The minimum Gasteiger partial charge on any atom is -0.310 e. The summed E-state index contributed by atoms with van der Waals surface area (Å²) in [5.41, 5.74) is 0. The van der Waals surface area contributed by atoms with Crippen LogP contribution in [0.15, 0.2) is 0 Å². The molecule has 1 saturated heterocycles. The standard InChI is InChI=1S/C12H22N2O/c15-9-12-7-6-11(8-13-12)14-10-4-2-1-3-5-10/h9-14H,1-8H2. The Bertz CT molecular complexity index is 194. The lowest BCUT2D eigenvalue weighted by molar-refractivity contribution is -0.110. The third kappa shape index (κ3) is 3.28. The Kier molecular flexibility index (Phi) is 4.15. The van der Waals surface area contributed by atoms with Crippen molar-refractivity contribution in [2.24, 2.45) is 0 Å². The van der Waals surface area contributed by atoms with Gasteiger partial charge in [-0.2, -0.15) is 0 Å². The van der Waals surface area contributed by atoms with E-state index in [1.165, 1.54) is 32.1 Å². The Labute approximate surface area is 92.0 Å². The Balaban J connectivity index is 1.69. The molecule has 0 aromatic heterocycles. The van der Waals surface area contributed by atoms with Gasteiger partial charge < -0.3 is 15.4 Å². The van der Waals surface area contributed by atoms with Crippen molar-refractivity contribution in [2.45, 2.75) is 63.1 Å². The molecule has 0 aromatic rings. The number of carbonyl (C=O) groups excluding carboxylic acids is 1. The summed E-state index contributed by atoms with van der Waals surface area (Å²) in [5.74, 6) is 0. The molecule has 2 aliphatic rings. The lowest BCUT2D eigenvalue weighted by atomic mass is 9.93. The van der Waals surface area contributed by atoms with E-state index < -0.39 is 0 Å². The van der Waals surface area contributed by atoms with Gasteiger partial charge >= 0.3 is 0 Å². The molecule has 1 saturated carbocycles. The van der Waals surface area contributed by atoms with Crippen molar-refractivity contribution in [1.29, 1.82) is 0 Å². The number of hydrogen-bond donors (Lipinski definition) is 2. The molecular weight excluding hydrogens is 188 g/mol. The van der Waals surface area contributed by atoms with E-state index >= 15 is 0 Å². The first-order valence-electron chi connectivity index (χ1n) is 6.33. The van der Waals surface area contributed by atoms with Crippen LogP contribution in [0.25, 0.3) is 0 Å². The van der Waals surface area contributed by atoms with E-state index in [2.05, 4.69) is 10.6 Å². The summed E-state index contributed by atoms with van der Waals surface area (Å²) in [6.07, 6.45) is 10.0. The fourth-order valence-corrected chi connectivity index (χ4v) is 2.74. The zero-order chi connectivity index (χ0) is 10.5. The van der Waals surface area contributed by atoms with E-state index in [1.807, 2.05) is 0 Å². The van der Waals surface area contributed by atoms with Gasteiger partial charge in [-0.15, -0.1) is 0 Å². The molecule has 2 atom stereocenters. The summed E-state index contributed by atoms with van der Waals surface area (Å²) in [6, 6.07) is 1.43. The van der Waals surface area contributed by atoms with Crippen LogP contribution in [0.2, 0.25) is 0 Å². The first-order chi connectivity index (χ1) is 7.38. The molecule has 0 aromatic carbocycles. The molecule has 2 fully saturated rings. The quantitative estimate of drug-likeness (QED) is 0.688. The number of rotatable bonds is 3. The highest BCUT2D eigenvalue weighted by molar-refractivity contribution is 5.57. The van der Waals surface area contributed by atoms with Gasteiger partial charge in [0.2, 0.25) is 0 Å². The summed E-state index contributed by atoms with van der Waals surface area (Å²) in [4.78, 5) is 10.6. The van der Waals surface area contributed by atoms with Gasteiger partial charge in [0.05, 0.1) is 6.04 Å². The molecule has 0 amide bonds. The number of hydrogen-bond acceptors (Lipinski definition) is 3. The van der Waals surface area contributed by atoms with Crippen LogP contribution in [-0.4, -0.2) is 31.0 Å². The molecule has 86 valence electrons. The van der Waals surface area contributed by atoms with Gasteiger partial charge in [0, 0.05) is 18.6 Å². The summed E-state index contributed by atoms with van der Waals surface area (Å²) >= 11 is 0. The maximum absolute atomic E-state index is 10.6. The van der Waals surface area contributed by atoms with Gasteiger partial charge in [-0.25, -0.2) is 0 Å². The zero-order valence-electron chi connectivity index (χ0n) is 9.37. The van der Waals surface area contributed by atoms with Crippen molar-refractivity contribution in [3.63, 3.8) is 0 Å². The summed E-state index contributed by atoms with van der Waals surface area (Å²) in [6.45, 7) is 0.958. The molecule has 3 nitrogen and oxygen atoms in total. The second kappa shape index (κ2) is 5.61. The van der Waals surface area contributed by atoms with Crippen LogP contribution in [0.3, 0.4) is 0 Å². The minimum absolute atomic E-state index is 0.106. The van der Waals surface area contributed by atoms with Crippen LogP contribution in [0, 0.1) is 0 Å². The second-order valence-electron chi connectivity index (χ2n) is 4.93. The van der Waals surface area contributed by atoms with E-state index in [1.54, 1.807) is 0 Å². The van der Waals surface area contributed by atoms with Crippen molar-refractivity contribution in [3.8, 4) is 0 Å². The van der Waals surface area contributed by atoms with E-state index in [4.69, 9.17) is 0 Å². The molecule has 0 radical (unpaired) electrons. The van der Waals surface area contributed by atoms with Crippen molar-refractivity contribution >= 4 is 6.29 Å². The van der Waals surface area contributed by atoms with Crippen molar-refractivity contribution in [3.05, 3.63) is 0 Å². The largest absolute Gasteiger partial charge is 0.310 e. The van der Waals surface area contributed by atoms with Crippen molar-refractivity contribution in [1.82, 2.24) is 10.6 Å². The molecular formula is C12H22N2O. The summed E-state index contributed by atoms with van der Waals surface area (Å²) < 4.78 is 0. The predicted octanol–water partition coefficient (Wildman–Crippen LogP) is 1.23. The first-order valence-corrected chi connectivity index (χ1v) is 6.33. The summed E-state index contributed by atoms with van der Waals surface area (Å²) in [5, 5.41) is 7.00. The van der Waals surface area contributed by atoms with Crippen LogP contribution in [0.1, 0.15) is 44.9 Å². The van der Waals surface area contributed by atoms with Gasteiger partial charge in [-0.3, -0.25) is 0 Å². The SMILES string of the molecule is O=CC1CCC(NC2CCCCC2)CN1. The third-order valence-electron chi connectivity index (χ3n) is 3.69. The lowest BCUT2D eigenvalue weighted by Gasteiger charge is -2.32. The van der Waals surface area contributed by atoms with Crippen LogP contribution < -0.4 is 10.6 Å². The molecule has 0 spiro atoms. The molecule has 3 heteroatoms. The Morgan fingerprint density at radius 2 is 1.80 bits per heavy atom. The zero-order valence-corrected chi connectivity index (χ0v) is 9.37. The Morgan fingerprint density at radius 3 is 2.40 bits per heavy atom. The molecule has 1 aliphatic heterocycles. The smallest absolute Gasteiger partial charge is 0.136 e. The van der Waals surface area contributed by atoms with Gasteiger partial charge in [-0.05, 0) is 25.7 Å². The first kappa shape index (κ1) is 11.1. The van der Waals surface area contributed by atoms with E-state index in [0.717, 1.165) is 31.7 Å². The highest BCUT2D eigenvalue weighted by atomic mass is 16.1. The third-order valence-corrected chi connectivity index (χ3v) is 3.69. The minimum atomic E-state index is 0.106. The number of piperidine rings is 1. The molecule has 1 heterocycles. The van der Waals surface area contributed by atoms with E-state index in [9.17, 15) is 4.79 Å². The molecule has 2 N–H and O–H groups in total. The molecule has 0 bridgehead atoms. The number of nitrogens with one attached hydrogen (secondary N) is 2. The van der Waals surface area contributed by atoms with Crippen LogP contribution in [0.4, 0.5) is 0 Å². The Morgan fingerprint density at radius 1 is 1.00 bits per heavy atom. The highest BCUT2D eigenvalue weighted by Crippen LogP contribution is 2.19. The second-order valence-corrected chi connectivity index (χ2v) is 4.93. The van der Waals surface area contributed by atoms with Gasteiger partial charge in [-0.1, -0.05) is 19.3 Å². The molecule has 15 heavy (non-hydrogen) atoms. The monoisotopic (exact) mass is 210 g/mol. The molecule has 2 unspecified atom stereocenters. The van der Waals surface area contributed by atoms with Gasteiger partial charge in [0.1, 0.15) is 6.29 Å². The maximum Gasteiger partial charge on any atom is 0.136 e. The van der Waals surface area contributed by atoms with E-state index in [-0.39, 0.29) is 6.04 Å². The average molecular weight is 210 g/mol. The number of carbonyl (C=O) groups is 1. The normalized spacial score (nSPS) is 33.9. The van der Waals surface area contributed by atoms with Crippen LogP contribution in [-0.2, 0) is 4.79 Å². The molecule has 2 rings (SSSR count). The lowest BCUT2D eigenvalue weighted by Crippen LogP contribution is -2.51. The highest BCUT2D eigenvalue weighted by Gasteiger charge is 2.22. The number of aldehydes is 1. The molecule has 1 aliphatic carbocycles. The fourth-order valence-electron chi connectivity index (χ4n) is 2.74.